The lowest BCUT2D eigenvalue weighted by atomic mass is 9.97. The summed E-state index contributed by atoms with van der Waals surface area (Å²) in [5, 5.41) is 3.11. The SMILES string of the molecule is CCCCC(CC)C(=O)NCCN1CCN(C(=O)C(CC)CCCC)CC1. The Morgan fingerprint density at radius 1 is 0.852 bits per heavy atom. The second-order valence-electron chi connectivity index (χ2n) is 7.95. The second-order valence-corrected chi connectivity index (χ2v) is 7.95. The number of carbonyl (C=O) groups excluding carboxylic acids is 2. The summed E-state index contributed by atoms with van der Waals surface area (Å²) >= 11 is 0. The number of piperazine rings is 1. The zero-order chi connectivity index (χ0) is 20.1. The van der Waals surface area contributed by atoms with Crippen molar-refractivity contribution in [2.45, 2.75) is 79.1 Å². The van der Waals surface area contributed by atoms with Crippen molar-refractivity contribution in [1.29, 1.82) is 0 Å². The van der Waals surface area contributed by atoms with E-state index in [0.29, 0.717) is 12.5 Å². The first-order chi connectivity index (χ1) is 13.1. The molecule has 5 nitrogen and oxygen atoms in total. The number of hydrogen-bond donors (Lipinski definition) is 1. The van der Waals surface area contributed by atoms with Gasteiger partial charge in [0.15, 0.2) is 0 Å². The molecule has 1 aliphatic rings. The topological polar surface area (TPSA) is 52.7 Å². The van der Waals surface area contributed by atoms with Crippen molar-refractivity contribution in [2.24, 2.45) is 11.8 Å². The molecule has 1 heterocycles. The average molecular weight is 382 g/mol. The highest BCUT2D eigenvalue weighted by atomic mass is 16.2. The molecule has 0 aromatic rings. The summed E-state index contributed by atoms with van der Waals surface area (Å²) < 4.78 is 0. The zero-order valence-corrected chi connectivity index (χ0v) is 18.3. The van der Waals surface area contributed by atoms with E-state index in [1.54, 1.807) is 0 Å². The Morgan fingerprint density at radius 3 is 1.93 bits per heavy atom. The number of amides is 2. The highest BCUT2D eigenvalue weighted by Crippen LogP contribution is 2.17. The predicted octanol–water partition coefficient (Wildman–Crippen LogP) is 3.68. The Morgan fingerprint density at radius 2 is 1.41 bits per heavy atom. The molecule has 27 heavy (non-hydrogen) atoms. The van der Waals surface area contributed by atoms with E-state index in [2.05, 4.69) is 42.8 Å². The normalized spacial score (nSPS) is 17.6. The minimum absolute atomic E-state index is 0.161. The molecule has 0 saturated carbocycles. The maximum Gasteiger partial charge on any atom is 0.225 e. The van der Waals surface area contributed by atoms with Crippen LogP contribution >= 0.6 is 0 Å². The second kappa shape index (κ2) is 14.0. The van der Waals surface area contributed by atoms with Gasteiger partial charge in [-0.1, -0.05) is 53.4 Å². The first-order valence-electron chi connectivity index (χ1n) is 11.4. The molecular formula is C22H43N3O2. The van der Waals surface area contributed by atoms with Crippen LogP contribution in [0.25, 0.3) is 0 Å². The molecule has 0 aliphatic carbocycles. The largest absolute Gasteiger partial charge is 0.355 e. The molecule has 0 spiro atoms. The Bertz CT molecular complexity index is 417. The summed E-state index contributed by atoms with van der Waals surface area (Å²) in [5.41, 5.74) is 0. The van der Waals surface area contributed by atoms with E-state index in [0.717, 1.165) is 84.1 Å². The fraction of sp³-hybridized carbons (Fsp3) is 0.909. The van der Waals surface area contributed by atoms with Crippen LogP contribution in [0.4, 0.5) is 0 Å². The van der Waals surface area contributed by atoms with Gasteiger partial charge in [0.05, 0.1) is 0 Å². The molecule has 0 bridgehead atoms. The van der Waals surface area contributed by atoms with Gasteiger partial charge in [-0.3, -0.25) is 14.5 Å². The smallest absolute Gasteiger partial charge is 0.225 e. The molecule has 1 saturated heterocycles. The predicted molar refractivity (Wildman–Crippen MR) is 113 cm³/mol. The van der Waals surface area contributed by atoms with Crippen LogP contribution in [0.2, 0.25) is 0 Å². The van der Waals surface area contributed by atoms with Crippen molar-refractivity contribution in [3.05, 3.63) is 0 Å². The summed E-state index contributed by atoms with van der Waals surface area (Å²) in [6, 6.07) is 0. The maximum absolute atomic E-state index is 12.7. The van der Waals surface area contributed by atoms with Crippen LogP contribution in [0.1, 0.15) is 79.1 Å². The Labute approximate surface area is 167 Å². The van der Waals surface area contributed by atoms with E-state index >= 15 is 0 Å². The molecule has 0 radical (unpaired) electrons. The van der Waals surface area contributed by atoms with Crippen LogP contribution in [-0.4, -0.2) is 60.9 Å². The van der Waals surface area contributed by atoms with Crippen LogP contribution < -0.4 is 5.32 Å². The van der Waals surface area contributed by atoms with Gasteiger partial charge in [0, 0.05) is 51.1 Å². The quantitative estimate of drug-likeness (QED) is 0.529. The monoisotopic (exact) mass is 381 g/mol. The van der Waals surface area contributed by atoms with Crippen LogP contribution in [0.3, 0.4) is 0 Å². The van der Waals surface area contributed by atoms with Crippen molar-refractivity contribution < 1.29 is 9.59 Å². The summed E-state index contributed by atoms with van der Waals surface area (Å²) in [5.74, 6) is 0.917. The number of carbonyl (C=O) groups is 2. The third-order valence-electron chi connectivity index (χ3n) is 5.93. The van der Waals surface area contributed by atoms with Gasteiger partial charge in [-0.25, -0.2) is 0 Å². The van der Waals surface area contributed by atoms with Crippen LogP contribution in [0.15, 0.2) is 0 Å². The fourth-order valence-corrected chi connectivity index (χ4v) is 3.86. The molecule has 1 fully saturated rings. The minimum Gasteiger partial charge on any atom is -0.355 e. The Balaban J connectivity index is 2.28. The first kappa shape index (κ1) is 23.9. The van der Waals surface area contributed by atoms with Gasteiger partial charge >= 0.3 is 0 Å². The summed E-state index contributed by atoms with van der Waals surface area (Å²) in [6.07, 6.45) is 8.44. The third kappa shape index (κ3) is 8.63. The van der Waals surface area contributed by atoms with Gasteiger partial charge in [0.25, 0.3) is 0 Å². The lowest BCUT2D eigenvalue weighted by Gasteiger charge is -2.36. The third-order valence-corrected chi connectivity index (χ3v) is 5.93. The van der Waals surface area contributed by atoms with E-state index < -0.39 is 0 Å². The number of nitrogens with zero attached hydrogens (tertiary/aromatic N) is 2. The highest BCUT2D eigenvalue weighted by molar-refractivity contribution is 5.79. The van der Waals surface area contributed by atoms with E-state index in [-0.39, 0.29) is 17.7 Å². The molecule has 0 aromatic heterocycles. The van der Waals surface area contributed by atoms with Gasteiger partial charge < -0.3 is 10.2 Å². The van der Waals surface area contributed by atoms with E-state index in [4.69, 9.17) is 0 Å². The fourth-order valence-electron chi connectivity index (χ4n) is 3.86. The Kier molecular flexibility index (Phi) is 12.4. The van der Waals surface area contributed by atoms with E-state index in [9.17, 15) is 9.59 Å². The molecule has 5 heteroatoms. The van der Waals surface area contributed by atoms with Crippen LogP contribution in [0, 0.1) is 11.8 Å². The van der Waals surface area contributed by atoms with Gasteiger partial charge in [0.1, 0.15) is 0 Å². The summed E-state index contributed by atoms with van der Waals surface area (Å²) in [4.78, 5) is 29.4. The van der Waals surface area contributed by atoms with Crippen molar-refractivity contribution in [3.8, 4) is 0 Å². The standard InChI is InChI=1S/C22H43N3O2/c1-5-9-11-19(7-3)21(26)23-13-14-24-15-17-25(18-16-24)22(27)20(8-4)12-10-6-2/h19-20H,5-18H2,1-4H3,(H,23,26). The molecule has 0 aromatic carbocycles. The van der Waals surface area contributed by atoms with Gasteiger partial charge in [-0.2, -0.15) is 0 Å². The molecular weight excluding hydrogens is 338 g/mol. The zero-order valence-electron chi connectivity index (χ0n) is 18.3. The van der Waals surface area contributed by atoms with Gasteiger partial charge in [0.2, 0.25) is 11.8 Å². The number of hydrogen-bond acceptors (Lipinski definition) is 3. The molecule has 158 valence electrons. The number of rotatable bonds is 13. The minimum atomic E-state index is 0.161. The van der Waals surface area contributed by atoms with Crippen molar-refractivity contribution in [1.82, 2.24) is 15.1 Å². The van der Waals surface area contributed by atoms with Gasteiger partial charge in [-0.05, 0) is 25.7 Å². The lowest BCUT2D eigenvalue weighted by Crippen LogP contribution is -2.51. The summed E-state index contributed by atoms with van der Waals surface area (Å²) in [7, 11) is 0. The van der Waals surface area contributed by atoms with Crippen LogP contribution in [-0.2, 0) is 9.59 Å². The summed E-state index contributed by atoms with van der Waals surface area (Å²) in [6.45, 7) is 13.6. The van der Waals surface area contributed by atoms with E-state index in [1.165, 1.54) is 0 Å². The lowest BCUT2D eigenvalue weighted by molar-refractivity contribution is -0.137. The van der Waals surface area contributed by atoms with E-state index in [1.807, 2.05) is 0 Å². The highest BCUT2D eigenvalue weighted by Gasteiger charge is 2.26. The molecule has 1 aliphatic heterocycles. The average Bonchev–Trinajstić information content (AvgIpc) is 2.69. The number of nitrogens with one attached hydrogen (secondary N) is 1. The van der Waals surface area contributed by atoms with Crippen molar-refractivity contribution >= 4 is 11.8 Å². The Hall–Kier alpha value is -1.10. The van der Waals surface area contributed by atoms with Crippen LogP contribution in [0.5, 0.6) is 0 Å². The van der Waals surface area contributed by atoms with Gasteiger partial charge in [-0.15, -0.1) is 0 Å². The molecule has 2 atom stereocenters. The van der Waals surface area contributed by atoms with Crippen molar-refractivity contribution in [2.75, 3.05) is 39.3 Å². The molecule has 2 unspecified atom stereocenters. The molecule has 1 rings (SSSR count). The van der Waals surface area contributed by atoms with Crippen molar-refractivity contribution in [3.63, 3.8) is 0 Å². The number of unbranched alkanes of at least 4 members (excludes halogenated alkanes) is 2. The molecule has 2 amide bonds. The maximum atomic E-state index is 12.7. The first-order valence-corrected chi connectivity index (χ1v) is 11.4. The molecule has 1 N–H and O–H groups in total.